The molecule has 0 spiro atoms. The Hall–Kier alpha value is -2.98. The van der Waals surface area contributed by atoms with Gasteiger partial charge in [0.05, 0.1) is 28.5 Å². The van der Waals surface area contributed by atoms with E-state index in [-0.39, 0.29) is 30.7 Å². The average Bonchev–Trinajstić information content (AvgIpc) is 3.62. The van der Waals surface area contributed by atoms with Crippen LogP contribution in [0.2, 0.25) is 5.02 Å². The van der Waals surface area contributed by atoms with Crippen LogP contribution in [0.1, 0.15) is 36.3 Å². The van der Waals surface area contributed by atoms with Crippen molar-refractivity contribution in [1.29, 1.82) is 0 Å². The van der Waals surface area contributed by atoms with Gasteiger partial charge in [-0.2, -0.15) is 0 Å². The van der Waals surface area contributed by atoms with E-state index in [4.69, 9.17) is 33.3 Å². The lowest BCUT2D eigenvalue weighted by Crippen LogP contribution is -2.31. The van der Waals surface area contributed by atoms with Crippen molar-refractivity contribution in [2.24, 2.45) is 0 Å². The number of nitrogens with one attached hydrogen (secondary N) is 2. The van der Waals surface area contributed by atoms with Crippen molar-refractivity contribution < 1.29 is 14.3 Å². The molecule has 1 aromatic carbocycles. The van der Waals surface area contributed by atoms with Gasteiger partial charge >= 0.3 is 0 Å². The van der Waals surface area contributed by atoms with E-state index >= 15 is 0 Å². The maximum Gasteiger partial charge on any atom is 0.250 e. The number of thiocarbonyl (C=S) groups is 1. The first-order valence-electron chi connectivity index (χ1n) is 11.9. The van der Waals surface area contributed by atoms with Crippen LogP contribution in [0.4, 0.5) is 11.4 Å². The molecule has 3 aromatic rings. The van der Waals surface area contributed by atoms with Crippen molar-refractivity contribution in [3.05, 3.63) is 77.3 Å². The minimum Gasteiger partial charge on any atom is -0.376 e. The molecule has 5 rings (SSSR count). The lowest BCUT2D eigenvalue weighted by Gasteiger charge is -2.29. The van der Waals surface area contributed by atoms with E-state index in [1.807, 2.05) is 30.3 Å². The number of hydrogen-bond acceptors (Lipinski definition) is 5. The second kappa shape index (κ2) is 11.0. The van der Waals surface area contributed by atoms with Crippen LogP contribution in [0.3, 0.4) is 0 Å². The molecule has 2 fully saturated rings. The smallest absolute Gasteiger partial charge is 0.250 e. The number of rotatable bonds is 8. The van der Waals surface area contributed by atoms with Crippen molar-refractivity contribution in [2.45, 2.75) is 37.6 Å². The summed E-state index contributed by atoms with van der Waals surface area (Å²) < 4.78 is 13.1. The second-order valence-corrected chi connectivity index (χ2v) is 9.66. The largest absolute Gasteiger partial charge is 0.376 e. The quantitative estimate of drug-likeness (QED) is 0.420. The van der Waals surface area contributed by atoms with Crippen LogP contribution in [0.15, 0.2) is 60.9 Å². The Bertz CT molecular complexity index is 1230. The van der Waals surface area contributed by atoms with Gasteiger partial charge in [-0.05, 0) is 67.5 Å². The molecule has 2 aromatic heterocycles. The minimum absolute atomic E-state index is 0.0479. The molecule has 1 amide bonds. The molecule has 0 aliphatic carbocycles. The van der Waals surface area contributed by atoms with Gasteiger partial charge in [0, 0.05) is 44.0 Å². The fraction of sp³-hybridized carbons (Fsp3) is 0.346. The van der Waals surface area contributed by atoms with E-state index in [1.54, 1.807) is 12.3 Å². The van der Waals surface area contributed by atoms with Gasteiger partial charge in [0.25, 0.3) is 0 Å². The van der Waals surface area contributed by atoms with Crippen LogP contribution >= 0.6 is 23.8 Å². The molecule has 8 nitrogen and oxygen atoms in total. The number of anilines is 2. The van der Waals surface area contributed by atoms with Crippen LogP contribution < -0.4 is 15.5 Å². The van der Waals surface area contributed by atoms with Gasteiger partial charge in [0.2, 0.25) is 5.91 Å². The first-order chi connectivity index (χ1) is 17.5. The van der Waals surface area contributed by atoms with Gasteiger partial charge in [-0.3, -0.25) is 9.78 Å². The summed E-state index contributed by atoms with van der Waals surface area (Å²) in [6, 6.07) is 15.2. The molecule has 0 unspecified atom stereocenters. The molecule has 4 heterocycles. The Morgan fingerprint density at radius 1 is 1.31 bits per heavy atom. The summed E-state index contributed by atoms with van der Waals surface area (Å²) in [6.45, 7) is 1.54. The van der Waals surface area contributed by atoms with E-state index in [9.17, 15) is 4.79 Å². The molecule has 188 valence electrons. The van der Waals surface area contributed by atoms with Gasteiger partial charge in [-0.15, -0.1) is 0 Å². The average molecular weight is 526 g/mol. The molecule has 2 aliphatic heterocycles. The number of methoxy groups -OCH3 is 1. The van der Waals surface area contributed by atoms with E-state index in [1.165, 1.54) is 7.11 Å². The Labute approximate surface area is 220 Å². The van der Waals surface area contributed by atoms with Crippen LogP contribution in [0, 0.1) is 0 Å². The number of carbonyl (C=O) groups excluding carboxylic acids is 1. The van der Waals surface area contributed by atoms with Crippen molar-refractivity contribution in [3.63, 3.8) is 0 Å². The van der Waals surface area contributed by atoms with Gasteiger partial charge in [0.15, 0.2) is 5.11 Å². The van der Waals surface area contributed by atoms with Gasteiger partial charge < -0.3 is 29.6 Å². The van der Waals surface area contributed by atoms with Crippen LogP contribution in [-0.2, 0) is 20.8 Å². The van der Waals surface area contributed by atoms with Crippen LogP contribution in [-0.4, -0.2) is 47.0 Å². The Balaban J connectivity index is 1.51. The number of ether oxygens (including phenoxy) is 2. The van der Waals surface area contributed by atoms with Crippen molar-refractivity contribution in [3.8, 4) is 0 Å². The van der Waals surface area contributed by atoms with E-state index in [0.29, 0.717) is 15.8 Å². The first kappa shape index (κ1) is 24.7. The summed E-state index contributed by atoms with van der Waals surface area (Å²) in [5, 5.41) is 7.24. The number of pyridine rings is 1. The second-order valence-electron chi connectivity index (χ2n) is 8.86. The number of benzene rings is 1. The predicted octanol–water partition coefficient (Wildman–Crippen LogP) is 4.48. The maximum absolute atomic E-state index is 12.0. The third-order valence-corrected chi connectivity index (χ3v) is 7.10. The van der Waals surface area contributed by atoms with E-state index < -0.39 is 0 Å². The molecule has 3 atom stereocenters. The molecular weight excluding hydrogens is 498 g/mol. The van der Waals surface area contributed by atoms with Crippen LogP contribution in [0.5, 0.6) is 0 Å². The highest BCUT2D eigenvalue weighted by atomic mass is 35.5. The zero-order valence-electron chi connectivity index (χ0n) is 19.9. The summed E-state index contributed by atoms with van der Waals surface area (Å²) in [5.41, 5.74) is 3.32. The maximum atomic E-state index is 12.0. The molecular formula is C26H28ClN5O3S. The number of halogens is 1. The fourth-order valence-electron chi connectivity index (χ4n) is 4.88. The SMILES string of the molecule is COCC(=O)Nc1ccc(N2C(=S)N[C@@H](c3ccccn3)[C@H]2c2cccn2C[C@@H]2CCCO2)cc1Cl. The first-order valence-corrected chi connectivity index (χ1v) is 12.7. The molecule has 10 heteroatoms. The summed E-state index contributed by atoms with van der Waals surface area (Å²) >= 11 is 12.4. The molecule has 2 N–H and O–H groups in total. The van der Waals surface area contributed by atoms with Crippen molar-refractivity contribution >= 4 is 46.2 Å². The topological polar surface area (TPSA) is 80.7 Å². The zero-order chi connectivity index (χ0) is 25.1. The third-order valence-electron chi connectivity index (χ3n) is 6.47. The van der Waals surface area contributed by atoms with E-state index in [2.05, 4.69) is 43.4 Å². The molecule has 2 saturated heterocycles. The van der Waals surface area contributed by atoms with Crippen LogP contribution in [0.25, 0.3) is 0 Å². The molecule has 0 bridgehead atoms. The lowest BCUT2D eigenvalue weighted by molar-refractivity contribution is -0.119. The number of amides is 1. The minimum atomic E-state index is -0.273. The number of aromatic nitrogens is 2. The lowest BCUT2D eigenvalue weighted by atomic mass is 10.0. The summed E-state index contributed by atoms with van der Waals surface area (Å²) in [5.74, 6) is -0.273. The summed E-state index contributed by atoms with van der Waals surface area (Å²) in [7, 11) is 1.47. The van der Waals surface area contributed by atoms with E-state index in [0.717, 1.165) is 43.1 Å². The summed E-state index contributed by atoms with van der Waals surface area (Å²) in [4.78, 5) is 18.7. The van der Waals surface area contributed by atoms with Gasteiger partial charge in [0.1, 0.15) is 12.6 Å². The monoisotopic (exact) mass is 525 g/mol. The predicted molar refractivity (Wildman–Crippen MR) is 143 cm³/mol. The number of carbonyl (C=O) groups is 1. The van der Waals surface area contributed by atoms with Gasteiger partial charge in [-0.25, -0.2) is 0 Å². The molecule has 0 saturated carbocycles. The summed E-state index contributed by atoms with van der Waals surface area (Å²) in [6.07, 6.45) is 6.22. The van der Waals surface area contributed by atoms with Crippen molar-refractivity contribution in [1.82, 2.24) is 14.9 Å². The number of hydrogen-bond donors (Lipinski definition) is 2. The third kappa shape index (κ3) is 5.10. The highest BCUT2D eigenvalue weighted by molar-refractivity contribution is 7.80. The fourth-order valence-corrected chi connectivity index (χ4v) is 5.44. The Kier molecular flexibility index (Phi) is 7.52. The standard InChI is InChI=1S/C26H28ClN5O3S/c1-34-16-23(33)29-20-10-9-17(14-19(20)27)32-25(24(30-26(32)36)21-7-2-3-11-28-21)22-8-4-12-31(22)15-18-6-5-13-35-18/h2-4,7-12,14,18,24-25H,5-6,13,15-16H2,1H3,(H,29,33)(H,30,36)/t18-,24-,25+/m0/s1. The zero-order valence-corrected chi connectivity index (χ0v) is 21.5. The normalized spacial score (nSPS) is 21.6. The highest BCUT2D eigenvalue weighted by Gasteiger charge is 2.42. The number of nitrogens with zero attached hydrogens (tertiary/aromatic N) is 3. The molecule has 0 radical (unpaired) electrons. The Morgan fingerprint density at radius 2 is 2.19 bits per heavy atom. The highest BCUT2D eigenvalue weighted by Crippen LogP contribution is 2.43. The molecule has 36 heavy (non-hydrogen) atoms. The van der Waals surface area contributed by atoms with Crippen molar-refractivity contribution in [2.75, 3.05) is 30.5 Å². The Morgan fingerprint density at radius 3 is 2.92 bits per heavy atom. The van der Waals surface area contributed by atoms with Gasteiger partial charge in [-0.1, -0.05) is 17.7 Å². The molecule has 2 aliphatic rings.